The van der Waals surface area contributed by atoms with Crippen molar-refractivity contribution in [2.75, 3.05) is 13.6 Å². The minimum atomic E-state index is 0.716. The van der Waals surface area contributed by atoms with Gasteiger partial charge in [0.1, 0.15) is 0 Å². The molecule has 0 radical (unpaired) electrons. The molecule has 1 saturated carbocycles. The minimum absolute atomic E-state index is 0.716. The monoisotopic (exact) mass is 253 g/mol. The molecule has 0 heterocycles. The van der Waals surface area contributed by atoms with Gasteiger partial charge in [0.05, 0.1) is 0 Å². The summed E-state index contributed by atoms with van der Waals surface area (Å²) in [6.07, 6.45) is 2.81. The molecule has 1 atom stereocenters. The predicted octanol–water partition coefficient (Wildman–Crippen LogP) is 3.16. The molecule has 0 aliphatic heterocycles. The molecule has 1 N–H and O–H groups in total. The average Bonchev–Trinajstić information content (AvgIpc) is 2.99. The maximum atomic E-state index is 3.47. The standard InChI is InChI=1S/C12H16BrN/c1-14-8-12(9-2-3-9)10-4-6-11(13)7-5-10/h4-7,9,12,14H,2-3,8H2,1H3. The summed E-state index contributed by atoms with van der Waals surface area (Å²) >= 11 is 3.47. The van der Waals surface area contributed by atoms with Crippen molar-refractivity contribution >= 4 is 15.9 Å². The van der Waals surface area contributed by atoms with Gasteiger partial charge in [-0.05, 0) is 49.4 Å². The normalized spacial score (nSPS) is 18.1. The third kappa shape index (κ3) is 2.37. The van der Waals surface area contributed by atoms with Gasteiger partial charge in [0, 0.05) is 11.0 Å². The number of rotatable bonds is 4. The molecule has 1 nitrogen and oxygen atoms in total. The summed E-state index contributed by atoms with van der Waals surface area (Å²) in [5.74, 6) is 1.64. The van der Waals surface area contributed by atoms with Crippen LogP contribution in [0.1, 0.15) is 24.3 Å². The molecule has 1 unspecified atom stereocenters. The smallest absolute Gasteiger partial charge is 0.0175 e. The maximum Gasteiger partial charge on any atom is 0.0175 e. The average molecular weight is 254 g/mol. The number of hydrogen-bond donors (Lipinski definition) is 1. The van der Waals surface area contributed by atoms with Crippen LogP contribution >= 0.6 is 15.9 Å². The van der Waals surface area contributed by atoms with E-state index < -0.39 is 0 Å². The second-order valence-electron chi connectivity index (χ2n) is 4.05. The Kier molecular flexibility index (Phi) is 3.24. The Hall–Kier alpha value is -0.340. The topological polar surface area (TPSA) is 12.0 Å². The molecule has 0 saturated heterocycles. The number of nitrogens with one attached hydrogen (secondary N) is 1. The van der Waals surface area contributed by atoms with Gasteiger partial charge in [0.2, 0.25) is 0 Å². The molecular formula is C12H16BrN. The van der Waals surface area contributed by atoms with Crippen LogP contribution in [0.25, 0.3) is 0 Å². The lowest BCUT2D eigenvalue weighted by Crippen LogP contribution is -2.18. The Morgan fingerprint density at radius 3 is 2.50 bits per heavy atom. The van der Waals surface area contributed by atoms with Crippen LogP contribution in [0, 0.1) is 5.92 Å². The highest BCUT2D eigenvalue weighted by Gasteiger charge is 2.31. The Balaban J connectivity index is 2.13. The summed E-state index contributed by atoms with van der Waals surface area (Å²) < 4.78 is 1.17. The van der Waals surface area contributed by atoms with E-state index in [-0.39, 0.29) is 0 Å². The summed E-state index contributed by atoms with van der Waals surface area (Å²) in [4.78, 5) is 0. The summed E-state index contributed by atoms with van der Waals surface area (Å²) in [5.41, 5.74) is 1.48. The van der Waals surface area contributed by atoms with Crippen molar-refractivity contribution in [2.45, 2.75) is 18.8 Å². The van der Waals surface area contributed by atoms with Crippen LogP contribution in [0.15, 0.2) is 28.7 Å². The zero-order valence-electron chi connectivity index (χ0n) is 8.46. The van der Waals surface area contributed by atoms with E-state index in [0.29, 0.717) is 5.92 Å². The first kappa shape index (κ1) is 10.2. The van der Waals surface area contributed by atoms with Crippen molar-refractivity contribution < 1.29 is 0 Å². The number of halogens is 1. The maximum absolute atomic E-state index is 3.47. The van der Waals surface area contributed by atoms with E-state index in [4.69, 9.17) is 0 Å². The lowest BCUT2D eigenvalue weighted by atomic mass is 9.94. The fourth-order valence-corrected chi connectivity index (χ4v) is 2.25. The first-order valence-electron chi connectivity index (χ1n) is 5.21. The van der Waals surface area contributed by atoms with Gasteiger partial charge in [-0.15, -0.1) is 0 Å². The molecule has 1 aliphatic rings. The van der Waals surface area contributed by atoms with Gasteiger partial charge in [-0.25, -0.2) is 0 Å². The molecule has 76 valence electrons. The number of hydrogen-bond acceptors (Lipinski definition) is 1. The molecule has 14 heavy (non-hydrogen) atoms. The molecule has 0 spiro atoms. The van der Waals surface area contributed by atoms with Gasteiger partial charge in [0.25, 0.3) is 0 Å². The van der Waals surface area contributed by atoms with Crippen molar-refractivity contribution in [2.24, 2.45) is 5.92 Å². The van der Waals surface area contributed by atoms with Crippen LogP contribution in [0.4, 0.5) is 0 Å². The molecule has 0 amide bonds. The quantitative estimate of drug-likeness (QED) is 0.870. The van der Waals surface area contributed by atoms with E-state index in [1.165, 1.54) is 22.9 Å². The highest BCUT2D eigenvalue weighted by Crippen LogP contribution is 2.42. The van der Waals surface area contributed by atoms with Crippen molar-refractivity contribution in [3.8, 4) is 0 Å². The Morgan fingerprint density at radius 2 is 2.00 bits per heavy atom. The van der Waals surface area contributed by atoms with Crippen molar-refractivity contribution in [3.05, 3.63) is 34.3 Å². The largest absolute Gasteiger partial charge is 0.319 e. The fraction of sp³-hybridized carbons (Fsp3) is 0.500. The molecule has 1 aromatic carbocycles. The second-order valence-corrected chi connectivity index (χ2v) is 4.97. The van der Waals surface area contributed by atoms with Crippen LogP contribution in [0.2, 0.25) is 0 Å². The third-order valence-corrected chi connectivity index (χ3v) is 3.44. The van der Waals surface area contributed by atoms with Crippen LogP contribution < -0.4 is 5.32 Å². The molecular weight excluding hydrogens is 238 g/mol. The lowest BCUT2D eigenvalue weighted by molar-refractivity contribution is 0.566. The van der Waals surface area contributed by atoms with Crippen molar-refractivity contribution in [1.82, 2.24) is 5.32 Å². The first-order chi connectivity index (χ1) is 6.81. The van der Waals surface area contributed by atoms with E-state index in [0.717, 1.165) is 12.5 Å². The number of likely N-dealkylation sites (N-methyl/N-ethyl adjacent to an activating group) is 1. The van der Waals surface area contributed by atoms with Crippen molar-refractivity contribution in [1.29, 1.82) is 0 Å². The van der Waals surface area contributed by atoms with Gasteiger partial charge in [-0.1, -0.05) is 28.1 Å². The second kappa shape index (κ2) is 4.45. The van der Waals surface area contributed by atoms with Gasteiger partial charge < -0.3 is 5.32 Å². The first-order valence-corrected chi connectivity index (χ1v) is 6.00. The minimum Gasteiger partial charge on any atom is -0.319 e. The summed E-state index contributed by atoms with van der Waals surface area (Å²) in [6.45, 7) is 1.10. The van der Waals surface area contributed by atoms with Crippen molar-refractivity contribution in [3.63, 3.8) is 0 Å². The van der Waals surface area contributed by atoms with Gasteiger partial charge in [-0.2, -0.15) is 0 Å². The summed E-state index contributed by atoms with van der Waals surface area (Å²) in [6, 6.07) is 8.76. The fourth-order valence-electron chi connectivity index (χ4n) is 1.99. The predicted molar refractivity (Wildman–Crippen MR) is 63.5 cm³/mol. The lowest BCUT2D eigenvalue weighted by Gasteiger charge is -2.16. The Morgan fingerprint density at radius 1 is 1.36 bits per heavy atom. The van der Waals surface area contributed by atoms with Crippen LogP contribution in [-0.2, 0) is 0 Å². The molecule has 2 heteroatoms. The van der Waals surface area contributed by atoms with E-state index in [1.807, 2.05) is 7.05 Å². The zero-order chi connectivity index (χ0) is 9.97. The molecule has 0 bridgehead atoms. The van der Waals surface area contributed by atoms with E-state index in [9.17, 15) is 0 Å². The van der Waals surface area contributed by atoms with E-state index in [1.54, 1.807) is 0 Å². The van der Waals surface area contributed by atoms with Gasteiger partial charge in [0.15, 0.2) is 0 Å². The third-order valence-electron chi connectivity index (χ3n) is 2.91. The van der Waals surface area contributed by atoms with Gasteiger partial charge >= 0.3 is 0 Å². The SMILES string of the molecule is CNCC(c1ccc(Br)cc1)C1CC1. The summed E-state index contributed by atoms with van der Waals surface area (Å²) in [5, 5.41) is 3.29. The molecule has 0 aromatic heterocycles. The van der Waals surface area contributed by atoms with Gasteiger partial charge in [-0.3, -0.25) is 0 Å². The molecule has 1 fully saturated rings. The highest BCUT2D eigenvalue weighted by atomic mass is 79.9. The Labute approximate surface area is 94.0 Å². The highest BCUT2D eigenvalue weighted by molar-refractivity contribution is 9.10. The summed E-state index contributed by atoms with van der Waals surface area (Å²) in [7, 11) is 2.04. The van der Waals surface area contributed by atoms with E-state index in [2.05, 4.69) is 45.5 Å². The number of benzene rings is 1. The van der Waals surface area contributed by atoms with Crippen LogP contribution in [0.5, 0.6) is 0 Å². The van der Waals surface area contributed by atoms with Crippen LogP contribution in [-0.4, -0.2) is 13.6 Å². The molecule has 2 rings (SSSR count). The van der Waals surface area contributed by atoms with E-state index >= 15 is 0 Å². The Bertz CT molecular complexity index is 290. The zero-order valence-corrected chi connectivity index (χ0v) is 10.0. The van der Waals surface area contributed by atoms with Crippen LogP contribution in [0.3, 0.4) is 0 Å². The molecule has 1 aliphatic carbocycles. The molecule has 1 aromatic rings.